The van der Waals surface area contributed by atoms with Gasteiger partial charge in [-0.3, -0.25) is 9.72 Å². The molecule has 0 saturated heterocycles. The van der Waals surface area contributed by atoms with Crippen LogP contribution in [-0.2, 0) is 26.3 Å². The number of amides is 2. The van der Waals surface area contributed by atoms with Crippen molar-refractivity contribution in [1.82, 2.24) is 24.1 Å². The second kappa shape index (κ2) is 9.31. The molecule has 0 fully saturated rings. The van der Waals surface area contributed by atoms with E-state index in [0.717, 1.165) is 16.4 Å². The molecule has 178 valence electrons. The molecule has 3 rings (SSSR count). The predicted molar refractivity (Wildman–Crippen MR) is 120 cm³/mol. The van der Waals surface area contributed by atoms with Crippen LogP contribution in [0.1, 0.15) is 31.5 Å². The van der Waals surface area contributed by atoms with Crippen LogP contribution < -0.4 is 14.8 Å². The minimum atomic E-state index is -4.67. The van der Waals surface area contributed by atoms with E-state index < -0.39 is 35.9 Å². The number of aryl methyl sites for hydroxylation is 2. The largest absolute Gasteiger partial charge is 0.481 e. The Morgan fingerprint density at radius 1 is 1.12 bits per heavy atom. The number of nitrogens with one attached hydrogen (secondary N) is 2. The number of methoxy groups -OCH3 is 1. The summed E-state index contributed by atoms with van der Waals surface area (Å²) in [4.78, 5) is 24.4. The Morgan fingerprint density at radius 2 is 1.85 bits per heavy atom. The van der Waals surface area contributed by atoms with Crippen LogP contribution in [0.2, 0.25) is 0 Å². The van der Waals surface area contributed by atoms with Gasteiger partial charge in [0.25, 0.3) is 10.0 Å². The third-order valence-electron chi connectivity index (χ3n) is 4.57. The molecule has 0 spiro atoms. The average molecular weight is 497 g/mol. The zero-order valence-corrected chi connectivity index (χ0v) is 20.1. The molecule has 3 aromatic rings. The number of ether oxygens (including phenoxy) is 1. The van der Waals surface area contributed by atoms with Crippen molar-refractivity contribution >= 4 is 37.5 Å². The molecule has 0 aliphatic carbocycles. The number of rotatable bonds is 8. The number of carbonyl (C=O) groups excluding carboxylic acids is 1. The molecule has 0 saturated carbocycles. The van der Waals surface area contributed by atoms with Crippen LogP contribution in [0, 0.1) is 6.92 Å². The van der Waals surface area contributed by atoms with Crippen LogP contribution in [0.4, 0.5) is 10.7 Å². The predicted octanol–water partition coefficient (Wildman–Crippen LogP) is 1.70. The lowest BCUT2D eigenvalue weighted by Crippen LogP contribution is -2.36. The first kappa shape index (κ1) is 24.4. The zero-order valence-electron chi connectivity index (χ0n) is 18.5. The number of sulfonamides is 1. The molecule has 3 heterocycles. The maximum atomic E-state index is 13.2. The van der Waals surface area contributed by atoms with Crippen molar-refractivity contribution < 1.29 is 26.4 Å². The third-order valence-corrected chi connectivity index (χ3v) is 7.68. The topological polar surface area (TPSA) is 162 Å². The number of sulfone groups is 1. The summed E-state index contributed by atoms with van der Waals surface area (Å²) in [5.74, 6) is -0.392. The van der Waals surface area contributed by atoms with Gasteiger partial charge in [-0.1, -0.05) is 26.3 Å². The molecule has 0 bridgehead atoms. The summed E-state index contributed by atoms with van der Waals surface area (Å²) in [5, 5.41) is 0.942. The molecule has 12 nitrogen and oxygen atoms in total. The Hall–Kier alpha value is -3.26. The molecule has 2 amide bonds. The fourth-order valence-electron chi connectivity index (χ4n) is 3.06. The van der Waals surface area contributed by atoms with Crippen molar-refractivity contribution in [3.8, 4) is 5.88 Å². The van der Waals surface area contributed by atoms with Gasteiger partial charge in [0, 0.05) is 18.0 Å². The number of fused-ring (bicyclic) bond motifs is 1. The van der Waals surface area contributed by atoms with Crippen molar-refractivity contribution in [1.29, 1.82) is 0 Å². The Bertz CT molecular complexity index is 1420. The molecule has 0 aliphatic rings. The Morgan fingerprint density at radius 3 is 2.48 bits per heavy atom. The highest BCUT2D eigenvalue weighted by molar-refractivity contribution is 7.93. The summed E-state index contributed by atoms with van der Waals surface area (Å²) in [7, 11) is -7.33. The minimum Gasteiger partial charge on any atom is -0.481 e. The maximum Gasteiger partial charge on any atom is 0.335 e. The molecule has 0 radical (unpaired) electrons. The van der Waals surface area contributed by atoms with Gasteiger partial charge in [0.05, 0.1) is 12.9 Å². The number of nitrogens with zero attached hydrogens (tertiary/aromatic N) is 4. The Labute approximate surface area is 191 Å². The molecule has 0 atom stereocenters. The van der Waals surface area contributed by atoms with Gasteiger partial charge in [0.1, 0.15) is 5.65 Å². The van der Waals surface area contributed by atoms with Crippen LogP contribution in [0.3, 0.4) is 0 Å². The van der Waals surface area contributed by atoms with E-state index >= 15 is 0 Å². The van der Waals surface area contributed by atoms with Gasteiger partial charge in [-0.05, 0) is 25.0 Å². The first-order chi connectivity index (χ1) is 15.5. The van der Waals surface area contributed by atoms with E-state index in [-0.39, 0.29) is 23.2 Å². The molecule has 2 N–H and O–H groups in total. The molecule has 33 heavy (non-hydrogen) atoms. The van der Waals surface area contributed by atoms with Crippen LogP contribution in [0.5, 0.6) is 5.88 Å². The highest BCUT2D eigenvalue weighted by Gasteiger charge is 2.33. The Balaban J connectivity index is 2.05. The fourth-order valence-corrected chi connectivity index (χ4v) is 5.72. The molecule has 0 unspecified atom stereocenters. The SMILES string of the molecule is CCCc1ccc2nc(S(=O)(=O)CC)c(S(=O)(=O)NC(=O)Nc3nc(C)cc(OC)n3)n2c1. The summed E-state index contributed by atoms with van der Waals surface area (Å²) >= 11 is 0. The third kappa shape index (κ3) is 5.22. The van der Waals surface area contributed by atoms with Gasteiger partial charge in [0.2, 0.25) is 11.8 Å². The quantitative estimate of drug-likeness (QED) is 0.472. The van der Waals surface area contributed by atoms with Crippen LogP contribution in [0.15, 0.2) is 34.4 Å². The lowest BCUT2D eigenvalue weighted by atomic mass is 10.2. The number of pyridine rings is 1. The van der Waals surface area contributed by atoms with E-state index in [0.29, 0.717) is 12.1 Å². The Kier molecular flexibility index (Phi) is 6.88. The maximum absolute atomic E-state index is 13.2. The smallest absolute Gasteiger partial charge is 0.335 e. The van der Waals surface area contributed by atoms with E-state index in [9.17, 15) is 21.6 Å². The van der Waals surface area contributed by atoms with Crippen molar-refractivity contribution in [3.05, 3.63) is 35.7 Å². The normalized spacial score (nSPS) is 12.0. The number of aromatic nitrogens is 4. The molecular weight excluding hydrogens is 472 g/mol. The first-order valence-electron chi connectivity index (χ1n) is 9.98. The van der Waals surface area contributed by atoms with Crippen LogP contribution >= 0.6 is 0 Å². The molecule has 14 heteroatoms. The standard InChI is InChI=1S/C19H24N6O6S2/c1-5-7-13-8-9-14-21-16(32(27,28)6-2)17(25(14)11-13)33(29,30)24-19(26)23-18-20-12(3)10-15(22-18)31-4/h8-11H,5-7H2,1-4H3,(H2,20,22,23,24,26). The zero-order chi connectivity index (χ0) is 24.4. The molecule has 3 aromatic heterocycles. The average Bonchev–Trinajstić information content (AvgIpc) is 3.13. The van der Waals surface area contributed by atoms with Gasteiger partial charge < -0.3 is 4.74 Å². The number of urea groups is 1. The van der Waals surface area contributed by atoms with E-state index in [4.69, 9.17) is 4.74 Å². The van der Waals surface area contributed by atoms with Crippen LogP contribution in [0.25, 0.3) is 5.65 Å². The molecule has 0 aliphatic heterocycles. The second-order valence-electron chi connectivity index (χ2n) is 7.08. The number of hydrogen-bond acceptors (Lipinski definition) is 9. The van der Waals surface area contributed by atoms with Crippen molar-refractivity contribution in [3.63, 3.8) is 0 Å². The monoisotopic (exact) mass is 496 g/mol. The van der Waals surface area contributed by atoms with E-state index in [1.807, 2.05) is 11.6 Å². The van der Waals surface area contributed by atoms with Gasteiger partial charge in [-0.2, -0.15) is 13.4 Å². The van der Waals surface area contributed by atoms with E-state index in [1.54, 1.807) is 13.0 Å². The van der Waals surface area contributed by atoms with Gasteiger partial charge in [0.15, 0.2) is 19.9 Å². The number of hydrogen-bond donors (Lipinski definition) is 2. The summed E-state index contributed by atoms with van der Waals surface area (Å²) in [6.45, 7) is 4.97. The summed E-state index contributed by atoms with van der Waals surface area (Å²) in [5.41, 5.74) is 1.37. The lowest BCUT2D eigenvalue weighted by Gasteiger charge is -2.10. The van der Waals surface area contributed by atoms with Gasteiger partial charge in [-0.15, -0.1) is 0 Å². The van der Waals surface area contributed by atoms with Crippen molar-refractivity contribution in [2.75, 3.05) is 18.2 Å². The summed E-state index contributed by atoms with van der Waals surface area (Å²) in [6, 6.07) is 3.62. The highest BCUT2D eigenvalue weighted by Crippen LogP contribution is 2.24. The lowest BCUT2D eigenvalue weighted by molar-refractivity contribution is 0.256. The number of imidazole rings is 1. The number of carbonyl (C=O) groups is 1. The fraction of sp³-hybridized carbons (Fsp3) is 0.368. The van der Waals surface area contributed by atoms with E-state index in [2.05, 4.69) is 20.3 Å². The molecular formula is C19H24N6O6S2. The van der Waals surface area contributed by atoms with E-state index in [1.165, 1.54) is 32.4 Å². The van der Waals surface area contributed by atoms with Gasteiger partial charge >= 0.3 is 6.03 Å². The summed E-state index contributed by atoms with van der Waals surface area (Å²) < 4.78 is 59.6. The highest BCUT2D eigenvalue weighted by atomic mass is 32.2. The van der Waals surface area contributed by atoms with Gasteiger partial charge in [-0.25, -0.2) is 27.9 Å². The second-order valence-corrected chi connectivity index (χ2v) is 10.9. The van der Waals surface area contributed by atoms with Crippen LogP contribution in [-0.4, -0.2) is 55.1 Å². The number of anilines is 1. The van der Waals surface area contributed by atoms with Crippen molar-refractivity contribution in [2.24, 2.45) is 0 Å². The minimum absolute atomic E-state index is 0.120. The first-order valence-corrected chi connectivity index (χ1v) is 13.1. The molecule has 0 aromatic carbocycles. The van der Waals surface area contributed by atoms with Crippen molar-refractivity contribution in [2.45, 2.75) is 43.7 Å². The summed E-state index contributed by atoms with van der Waals surface area (Å²) in [6.07, 6.45) is 2.94.